The van der Waals surface area contributed by atoms with Gasteiger partial charge in [0.1, 0.15) is 0 Å². The van der Waals surface area contributed by atoms with Gasteiger partial charge in [-0.25, -0.2) is 4.98 Å². The largest absolute Gasteiger partial charge is 0.302 e. The van der Waals surface area contributed by atoms with Gasteiger partial charge >= 0.3 is 0 Å². The van der Waals surface area contributed by atoms with Crippen molar-refractivity contribution in [3.8, 4) is 11.3 Å². The van der Waals surface area contributed by atoms with Crippen molar-refractivity contribution in [3.63, 3.8) is 0 Å². The molecule has 1 amide bonds. The molecule has 104 valence electrons. The number of rotatable bonds is 4. The first-order valence-electron chi connectivity index (χ1n) is 7.03. The van der Waals surface area contributed by atoms with Crippen LogP contribution in [-0.4, -0.2) is 10.9 Å². The van der Waals surface area contributed by atoms with Crippen LogP contribution in [0.1, 0.15) is 25.8 Å². The van der Waals surface area contributed by atoms with Gasteiger partial charge in [0.2, 0.25) is 5.91 Å². The van der Waals surface area contributed by atoms with Gasteiger partial charge in [-0.3, -0.25) is 4.79 Å². The van der Waals surface area contributed by atoms with Crippen LogP contribution in [-0.2, 0) is 11.2 Å². The second-order valence-electron chi connectivity index (χ2n) is 5.40. The highest BCUT2D eigenvalue weighted by atomic mass is 32.1. The molecule has 1 aliphatic carbocycles. The number of benzene rings is 1. The third-order valence-electron chi connectivity index (χ3n) is 3.84. The molecule has 1 heterocycles. The van der Waals surface area contributed by atoms with E-state index in [0.717, 1.165) is 24.1 Å². The number of hydrogen-bond donors (Lipinski definition) is 1. The predicted molar refractivity (Wildman–Crippen MR) is 82.8 cm³/mol. The molecule has 1 saturated carbocycles. The molecule has 0 bridgehead atoms. The van der Waals surface area contributed by atoms with Crippen LogP contribution >= 0.6 is 11.3 Å². The van der Waals surface area contributed by atoms with Crippen LogP contribution in [0.2, 0.25) is 0 Å². The Labute approximate surface area is 123 Å². The van der Waals surface area contributed by atoms with Crippen LogP contribution in [0.4, 0.5) is 5.13 Å². The summed E-state index contributed by atoms with van der Waals surface area (Å²) in [6.45, 7) is 4.25. The summed E-state index contributed by atoms with van der Waals surface area (Å²) in [6.07, 6.45) is 2.04. The molecule has 0 aliphatic heterocycles. The summed E-state index contributed by atoms with van der Waals surface area (Å²) >= 11 is 1.49. The summed E-state index contributed by atoms with van der Waals surface area (Å²) in [5, 5.41) is 5.61. The van der Waals surface area contributed by atoms with Gasteiger partial charge in [-0.05, 0) is 24.3 Å². The van der Waals surface area contributed by atoms with Gasteiger partial charge in [0, 0.05) is 16.9 Å². The van der Waals surface area contributed by atoms with Crippen molar-refractivity contribution in [2.45, 2.75) is 26.7 Å². The minimum Gasteiger partial charge on any atom is -0.302 e. The fourth-order valence-electron chi connectivity index (χ4n) is 2.26. The number of anilines is 1. The fourth-order valence-corrected chi connectivity index (χ4v) is 2.98. The highest BCUT2D eigenvalue weighted by Gasteiger charge is 2.39. The average Bonchev–Trinajstić information content (AvgIpc) is 3.02. The normalized spacial score (nSPS) is 20.7. The zero-order valence-corrected chi connectivity index (χ0v) is 12.5. The van der Waals surface area contributed by atoms with Crippen molar-refractivity contribution >= 4 is 22.4 Å². The van der Waals surface area contributed by atoms with Gasteiger partial charge in [0.15, 0.2) is 5.13 Å². The van der Waals surface area contributed by atoms with E-state index in [1.54, 1.807) is 0 Å². The number of amides is 1. The summed E-state index contributed by atoms with van der Waals surface area (Å²) in [5.41, 5.74) is 3.34. The Morgan fingerprint density at radius 2 is 2.10 bits per heavy atom. The Morgan fingerprint density at radius 3 is 2.70 bits per heavy atom. The van der Waals surface area contributed by atoms with Gasteiger partial charge in [-0.15, -0.1) is 11.3 Å². The molecule has 4 heteroatoms. The molecule has 2 aromatic rings. The highest BCUT2D eigenvalue weighted by Crippen LogP contribution is 2.38. The Hall–Kier alpha value is -1.68. The molecule has 0 saturated heterocycles. The number of nitrogens with one attached hydrogen (secondary N) is 1. The second kappa shape index (κ2) is 5.37. The summed E-state index contributed by atoms with van der Waals surface area (Å²) in [7, 11) is 0. The Bertz CT molecular complexity index is 618. The van der Waals surface area contributed by atoms with Crippen molar-refractivity contribution in [2.24, 2.45) is 11.8 Å². The molecule has 1 aliphatic rings. The van der Waals surface area contributed by atoms with Gasteiger partial charge in [-0.2, -0.15) is 0 Å². The molecule has 20 heavy (non-hydrogen) atoms. The van der Waals surface area contributed by atoms with Crippen LogP contribution < -0.4 is 5.32 Å². The molecular weight excluding hydrogens is 268 g/mol. The summed E-state index contributed by atoms with van der Waals surface area (Å²) in [4.78, 5) is 16.4. The van der Waals surface area contributed by atoms with E-state index >= 15 is 0 Å². The zero-order valence-electron chi connectivity index (χ0n) is 11.7. The predicted octanol–water partition coefficient (Wildman–Crippen LogP) is 3.97. The van der Waals surface area contributed by atoms with Gasteiger partial charge < -0.3 is 5.32 Å². The van der Waals surface area contributed by atoms with Gasteiger partial charge in [0.25, 0.3) is 0 Å². The van der Waals surface area contributed by atoms with Crippen molar-refractivity contribution < 1.29 is 4.79 Å². The van der Waals surface area contributed by atoms with E-state index in [9.17, 15) is 4.79 Å². The summed E-state index contributed by atoms with van der Waals surface area (Å²) in [6, 6.07) is 8.42. The van der Waals surface area contributed by atoms with Crippen LogP contribution in [0.15, 0.2) is 29.6 Å². The first-order chi connectivity index (χ1) is 9.67. The maximum Gasteiger partial charge on any atom is 0.229 e. The number of carbonyl (C=O) groups excluding carboxylic acids is 1. The lowest BCUT2D eigenvalue weighted by Gasteiger charge is -2.00. The molecule has 3 nitrogen and oxygen atoms in total. The third kappa shape index (κ3) is 2.75. The van der Waals surface area contributed by atoms with Crippen LogP contribution in [0.5, 0.6) is 0 Å². The lowest BCUT2D eigenvalue weighted by molar-refractivity contribution is -0.117. The van der Waals surface area contributed by atoms with E-state index in [1.807, 2.05) is 5.38 Å². The summed E-state index contributed by atoms with van der Waals surface area (Å²) in [5.74, 6) is 0.821. The van der Waals surface area contributed by atoms with Crippen molar-refractivity contribution in [3.05, 3.63) is 35.2 Å². The van der Waals surface area contributed by atoms with Crippen LogP contribution in [0, 0.1) is 11.8 Å². The highest BCUT2D eigenvalue weighted by molar-refractivity contribution is 7.14. The monoisotopic (exact) mass is 286 g/mol. The first kappa shape index (κ1) is 13.3. The van der Waals surface area contributed by atoms with Crippen LogP contribution in [0.3, 0.4) is 0 Å². The quantitative estimate of drug-likeness (QED) is 0.924. The molecule has 3 rings (SSSR count). The van der Waals surface area contributed by atoms with E-state index in [4.69, 9.17) is 0 Å². The average molecular weight is 286 g/mol. The maximum absolute atomic E-state index is 11.9. The number of nitrogens with zero attached hydrogens (tertiary/aromatic N) is 1. The number of carbonyl (C=O) groups is 1. The van der Waals surface area contributed by atoms with Crippen molar-refractivity contribution in [1.29, 1.82) is 0 Å². The molecule has 0 radical (unpaired) electrons. The molecule has 1 aromatic heterocycles. The number of aromatic nitrogens is 1. The molecule has 1 N–H and O–H groups in total. The molecule has 0 spiro atoms. The first-order valence-corrected chi connectivity index (χ1v) is 7.91. The summed E-state index contributed by atoms with van der Waals surface area (Å²) < 4.78 is 0. The number of aryl methyl sites for hydroxylation is 1. The molecule has 2 atom stereocenters. The maximum atomic E-state index is 11.9. The van der Waals surface area contributed by atoms with Gasteiger partial charge in [-0.1, -0.05) is 38.1 Å². The third-order valence-corrected chi connectivity index (χ3v) is 4.60. The van der Waals surface area contributed by atoms with E-state index in [1.165, 1.54) is 16.9 Å². The second-order valence-corrected chi connectivity index (χ2v) is 6.26. The minimum atomic E-state index is 0.111. The fraction of sp³-hybridized carbons (Fsp3) is 0.375. The van der Waals surface area contributed by atoms with Gasteiger partial charge in [0.05, 0.1) is 5.69 Å². The van der Waals surface area contributed by atoms with E-state index in [2.05, 4.69) is 48.4 Å². The number of hydrogen-bond acceptors (Lipinski definition) is 3. The van der Waals surface area contributed by atoms with Crippen molar-refractivity contribution in [1.82, 2.24) is 4.98 Å². The van der Waals surface area contributed by atoms with Crippen LogP contribution in [0.25, 0.3) is 11.3 Å². The SMILES string of the molecule is CCc1ccc(-c2csc(NC(=O)[C@@H]3C[C@H]3C)n2)cc1. The van der Waals surface area contributed by atoms with E-state index < -0.39 is 0 Å². The van der Waals surface area contributed by atoms with Crippen molar-refractivity contribution in [2.75, 3.05) is 5.32 Å². The molecule has 0 unspecified atom stereocenters. The lowest BCUT2D eigenvalue weighted by Crippen LogP contribution is -2.14. The lowest BCUT2D eigenvalue weighted by atomic mass is 10.1. The number of thiazole rings is 1. The Morgan fingerprint density at radius 1 is 1.40 bits per heavy atom. The molecule has 1 fully saturated rings. The smallest absolute Gasteiger partial charge is 0.229 e. The molecule has 1 aromatic carbocycles. The Balaban J connectivity index is 1.70. The zero-order chi connectivity index (χ0) is 14.1. The topological polar surface area (TPSA) is 42.0 Å². The minimum absolute atomic E-state index is 0.111. The van der Waals surface area contributed by atoms with E-state index in [-0.39, 0.29) is 11.8 Å². The molecular formula is C16H18N2OS. The Kier molecular flexibility index (Phi) is 3.57. The standard InChI is InChI=1S/C16H18N2OS/c1-3-11-4-6-12(7-5-11)14-9-20-16(17-14)18-15(19)13-8-10(13)2/h4-7,9-10,13H,3,8H2,1-2H3,(H,17,18,19)/t10-,13-/m1/s1. The van der Waals surface area contributed by atoms with E-state index in [0.29, 0.717) is 11.0 Å².